The van der Waals surface area contributed by atoms with Crippen molar-refractivity contribution in [1.82, 2.24) is 0 Å². The lowest BCUT2D eigenvalue weighted by Crippen LogP contribution is -2.03. The van der Waals surface area contributed by atoms with E-state index in [1.54, 1.807) is 26.7 Å². The average molecular weight is 447 g/mol. The van der Waals surface area contributed by atoms with Gasteiger partial charge in [0.15, 0.2) is 0 Å². The monoisotopic (exact) mass is 446 g/mol. The van der Waals surface area contributed by atoms with Gasteiger partial charge in [-0.05, 0) is 36.1 Å². The van der Waals surface area contributed by atoms with Crippen LogP contribution in [-0.2, 0) is 23.0 Å². The van der Waals surface area contributed by atoms with Crippen LogP contribution in [0, 0.1) is 3.82 Å². The predicted octanol–water partition coefficient (Wildman–Crippen LogP) is 6.29. The molecule has 2 aromatic rings. The van der Waals surface area contributed by atoms with E-state index in [1.807, 2.05) is 6.07 Å². The highest BCUT2D eigenvalue weighted by molar-refractivity contribution is 7.86. The molecule has 1 N–H and O–H groups in total. The summed E-state index contributed by atoms with van der Waals surface area (Å²) in [6.45, 7) is 2.22. The second-order valence-electron chi connectivity index (χ2n) is 6.51. The molecule has 0 amide bonds. The first-order valence-electron chi connectivity index (χ1n) is 9.12. The zero-order chi connectivity index (χ0) is 19.9. The van der Waals surface area contributed by atoms with Gasteiger partial charge in [-0.3, -0.25) is 4.55 Å². The molecule has 0 fully saturated rings. The Kier molecular flexibility index (Phi) is 8.88. The Morgan fingerprint density at radius 3 is 2.48 bits per heavy atom. The van der Waals surface area contributed by atoms with Crippen molar-refractivity contribution < 1.29 is 17.7 Å². The minimum absolute atomic E-state index is 0.139. The van der Waals surface area contributed by atoms with Gasteiger partial charge in [-0.15, -0.1) is 0 Å². The van der Waals surface area contributed by atoms with Crippen LogP contribution >= 0.6 is 32.9 Å². The number of unbranched alkanes of at least 4 members (excludes halogenated alkanes) is 5. The van der Waals surface area contributed by atoms with E-state index in [9.17, 15) is 13.0 Å². The second kappa shape index (κ2) is 10.7. The fraction of sp³-hybridized carbons (Fsp3) is 0.526. The number of methoxy groups -OCH3 is 1. The van der Waals surface area contributed by atoms with Gasteiger partial charge in [-0.2, -0.15) is 8.42 Å². The molecule has 150 valence electrons. The Morgan fingerprint density at radius 1 is 1.11 bits per heavy atom. The van der Waals surface area contributed by atoms with Gasteiger partial charge in [0.1, 0.15) is 14.5 Å². The summed E-state index contributed by atoms with van der Waals surface area (Å²) in [6, 6.07) is 4.86. The highest BCUT2D eigenvalue weighted by Crippen LogP contribution is 2.31. The van der Waals surface area contributed by atoms with Crippen molar-refractivity contribution in [1.29, 1.82) is 0 Å². The molecule has 0 aliphatic rings. The molecule has 0 aliphatic carbocycles. The fourth-order valence-corrected chi connectivity index (χ4v) is 6.66. The summed E-state index contributed by atoms with van der Waals surface area (Å²) in [6.07, 6.45) is 9.08. The van der Waals surface area contributed by atoms with Gasteiger partial charge in [-0.25, -0.2) is 0 Å². The molecule has 0 bridgehead atoms. The van der Waals surface area contributed by atoms with Crippen LogP contribution in [0.25, 0.3) is 0 Å². The minimum atomic E-state index is -4.34. The first kappa shape index (κ1) is 22.5. The number of aryl methyl sites for hydroxylation is 1. The maximum atomic E-state index is 11.6. The molecule has 8 heteroatoms. The van der Waals surface area contributed by atoms with E-state index in [0.717, 1.165) is 27.8 Å². The van der Waals surface area contributed by atoms with Crippen LogP contribution in [0.15, 0.2) is 23.1 Å². The highest BCUT2D eigenvalue weighted by atomic mass is 32.9. The first-order valence-corrected chi connectivity index (χ1v) is 13.1. The van der Waals surface area contributed by atoms with E-state index in [4.69, 9.17) is 17.0 Å². The van der Waals surface area contributed by atoms with Gasteiger partial charge in [0, 0.05) is 11.3 Å². The fourth-order valence-electron chi connectivity index (χ4n) is 2.97. The van der Waals surface area contributed by atoms with E-state index in [2.05, 4.69) is 6.92 Å². The summed E-state index contributed by atoms with van der Waals surface area (Å²) in [7, 11) is 0.371. The van der Waals surface area contributed by atoms with Gasteiger partial charge in [0.25, 0.3) is 10.1 Å². The largest absolute Gasteiger partial charge is 0.495 e. The molecule has 0 radical (unpaired) electrons. The zero-order valence-corrected chi connectivity index (χ0v) is 19.0. The van der Waals surface area contributed by atoms with Crippen molar-refractivity contribution in [3.8, 4) is 5.75 Å². The third-order valence-corrected chi connectivity index (χ3v) is 8.62. The molecule has 27 heavy (non-hydrogen) atoms. The quantitative estimate of drug-likeness (QED) is 0.190. The summed E-state index contributed by atoms with van der Waals surface area (Å²) in [5.41, 5.74) is 1.91. The molecule has 2 rings (SSSR count). The van der Waals surface area contributed by atoms with Gasteiger partial charge < -0.3 is 4.74 Å². The SMILES string of the molecule is CCCCCCCCc1ssc(=S)c1Cc1ccc(OC)c(S(=O)(=O)O)c1. The molecule has 1 aromatic heterocycles. The maximum Gasteiger partial charge on any atom is 0.298 e. The van der Waals surface area contributed by atoms with Crippen molar-refractivity contribution >= 4 is 43.0 Å². The van der Waals surface area contributed by atoms with Crippen LogP contribution in [0.1, 0.15) is 61.5 Å². The smallest absolute Gasteiger partial charge is 0.298 e. The Morgan fingerprint density at radius 2 is 1.81 bits per heavy atom. The minimum Gasteiger partial charge on any atom is -0.495 e. The summed E-state index contributed by atoms with van der Waals surface area (Å²) in [5, 5.41) is 0. The summed E-state index contributed by atoms with van der Waals surface area (Å²) in [4.78, 5) is 1.09. The van der Waals surface area contributed by atoms with Crippen molar-refractivity contribution in [2.45, 2.75) is 63.2 Å². The lowest BCUT2D eigenvalue weighted by molar-refractivity contribution is 0.397. The highest BCUT2D eigenvalue weighted by Gasteiger charge is 2.18. The number of hydrogen-bond donors (Lipinski definition) is 1. The molecular weight excluding hydrogens is 420 g/mol. The lowest BCUT2D eigenvalue weighted by atomic mass is 10.0. The zero-order valence-electron chi connectivity index (χ0n) is 15.7. The van der Waals surface area contributed by atoms with E-state index in [1.165, 1.54) is 50.2 Å². The molecule has 0 atom stereocenters. The molecule has 0 spiro atoms. The van der Waals surface area contributed by atoms with Crippen molar-refractivity contribution in [2.24, 2.45) is 0 Å². The first-order chi connectivity index (χ1) is 12.9. The van der Waals surface area contributed by atoms with Crippen LogP contribution in [0.5, 0.6) is 5.75 Å². The molecule has 0 saturated carbocycles. The van der Waals surface area contributed by atoms with Crippen molar-refractivity contribution in [2.75, 3.05) is 7.11 Å². The van der Waals surface area contributed by atoms with Crippen molar-refractivity contribution in [3.63, 3.8) is 0 Å². The van der Waals surface area contributed by atoms with E-state index in [-0.39, 0.29) is 10.6 Å². The van der Waals surface area contributed by atoms with Crippen molar-refractivity contribution in [3.05, 3.63) is 38.0 Å². The van der Waals surface area contributed by atoms with Crippen LogP contribution in [0.3, 0.4) is 0 Å². The van der Waals surface area contributed by atoms with Gasteiger partial charge in [0.05, 0.1) is 7.11 Å². The third kappa shape index (κ3) is 6.64. The second-order valence-corrected chi connectivity index (χ2v) is 10.8. The number of ether oxygens (including phenoxy) is 1. The Hall–Kier alpha value is -0.800. The molecule has 1 heterocycles. The number of hydrogen-bond acceptors (Lipinski definition) is 6. The summed E-state index contributed by atoms with van der Waals surface area (Å²) in [5.74, 6) is 0.139. The number of benzene rings is 1. The van der Waals surface area contributed by atoms with Crippen LogP contribution < -0.4 is 4.74 Å². The maximum absolute atomic E-state index is 11.6. The van der Waals surface area contributed by atoms with Gasteiger partial charge in [0.2, 0.25) is 0 Å². The number of rotatable bonds is 11. The molecule has 0 unspecified atom stereocenters. The van der Waals surface area contributed by atoms with Crippen LogP contribution in [0.4, 0.5) is 0 Å². The van der Waals surface area contributed by atoms with E-state index < -0.39 is 10.1 Å². The molecule has 0 aliphatic heterocycles. The summed E-state index contributed by atoms with van der Waals surface area (Å²) >= 11 is 5.50. The van der Waals surface area contributed by atoms with E-state index in [0.29, 0.717) is 6.42 Å². The Balaban J connectivity index is 2.12. The average Bonchev–Trinajstić information content (AvgIpc) is 2.97. The third-order valence-electron chi connectivity index (χ3n) is 4.45. The molecule has 0 saturated heterocycles. The standard InChI is InChI=1S/C19H26O4S4/c1-3-4-5-6-7-8-9-17-15(19(24)26-25-17)12-14-10-11-16(23-2)18(13-14)27(20,21)22/h10-11,13H,3-9,12H2,1-2H3,(H,20,21,22). The van der Waals surface area contributed by atoms with E-state index >= 15 is 0 Å². The normalized spacial score (nSPS) is 11.7. The topological polar surface area (TPSA) is 63.6 Å². The van der Waals surface area contributed by atoms with Crippen LogP contribution in [-0.4, -0.2) is 20.1 Å². The molecule has 4 nitrogen and oxygen atoms in total. The lowest BCUT2D eigenvalue weighted by Gasteiger charge is -2.09. The molecule has 1 aromatic carbocycles. The molecular formula is C19H26O4S4. The predicted molar refractivity (Wildman–Crippen MR) is 116 cm³/mol. The Labute approximate surface area is 174 Å². The summed E-state index contributed by atoms with van der Waals surface area (Å²) < 4.78 is 38.6. The van der Waals surface area contributed by atoms with Gasteiger partial charge >= 0.3 is 0 Å². The Bertz CT molecular complexity index is 897. The van der Waals surface area contributed by atoms with Gasteiger partial charge in [-0.1, -0.05) is 78.0 Å². The van der Waals surface area contributed by atoms with Crippen LogP contribution in [0.2, 0.25) is 0 Å².